The zero-order chi connectivity index (χ0) is 21.1. The number of rotatable bonds is 5. The van der Waals surface area contributed by atoms with Gasteiger partial charge in [0.25, 0.3) is 0 Å². The van der Waals surface area contributed by atoms with E-state index in [0.29, 0.717) is 25.9 Å². The largest absolute Gasteiger partial charge is 0.417 e. The van der Waals surface area contributed by atoms with Gasteiger partial charge in [-0.15, -0.1) is 0 Å². The van der Waals surface area contributed by atoms with Crippen LogP contribution >= 0.6 is 11.6 Å². The molecule has 156 valence electrons. The van der Waals surface area contributed by atoms with Gasteiger partial charge in [-0.2, -0.15) is 13.2 Å². The first-order valence-corrected chi connectivity index (χ1v) is 9.20. The number of hydrogen-bond acceptors (Lipinski definition) is 4. The first kappa shape index (κ1) is 22.4. The summed E-state index contributed by atoms with van der Waals surface area (Å²) in [4.78, 5) is 27.8. The van der Waals surface area contributed by atoms with Crippen molar-refractivity contribution in [3.63, 3.8) is 0 Å². The molecule has 1 aliphatic heterocycles. The molecular weight excluding hydrogens is 399 g/mol. The highest BCUT2D eigenvalue weighted by Gasteiger charge is 2.33. The smallest absolute Gasteiger partial charge is 0.393 e. The maximum Gasteiger partial charge on any atom is 0.417 e. The molecule has 0 bridgehead atoms. The average Bonchev–Trinajstić information content (AvgIpc) is 2.62. The second-order valence-electron chi connectivity index (χ2n) is 6.88. The Bertz CT molecular complexity index is 722. The van der Waals surface area contributed by atoms with Crippen LogP contribution in [0.25, 0.3) is 0 Å². The fourth-order valence-electron chi connectivity index (χ4n) is 2.83. The SMILES string of the molecule is CC(C(=O)Nc1ccc(Cl)c(C(F)(F)F)c1)N(C)CC(=O)N1CCC(O)CC1. The Morgan fingerprint density at radius 1 is 1.36 bits per heavy atom. The van der Waals surface area contributed by atoms with E-state index in [0.717, 1.165) is 12.1 Å². The molecule has 1 unspecified atom stereocenters. The van der Waals surface area contributed by atoms with Crippen LogP contribution in [0.1, 0.15) is 25.3 Å². The standard InChI is InChI=1S/C18H23ClF3N3O3/c1-11(24(2)10-16(27)25-7-5-13(26)6-8-25)17(28)23-12-3-4-15(19)14(9-12)18(20,21)22/h3-4,9,11,13,26H,5-8,10H2,1-2H3,(H,23,28). The topological polar surface area (TPSA) is 72.9 Å². The van der Waals surface area contributed by atoms with Gasteiger partial charge >= 0.3 is 6.18 Å². The summed E-state index contributed by atoms with van der Waals surface area (Å²) in [7, 11) is 1.59. The van der Waals surface area contributed by atoms with Crippen molar-refractivity contribution in [1.82, 2.24) is 9.80 Å². The molecule has 1 fully saturated rings. The number of piperidine rings is 1. The summed E-state index contributed by atoms with van der Waals surface area (Å²) in [6.07, 6.45) is -3.99. The first-order chi connectivity index (χ1) is 13.0. The third-order valence-electron chi connectivity index (χ3n) is 4.78. The molecule has 0 radical (unpaired) electrons. The number of carbonyl (C=O) groups excluding carboxylic acids is 2. The molecule has 1 atom stereocenters. The average molecular weight is 422 g/mol. The minimum absolute atomic E-state index is 0.0148. The molecule has 2 rings (SSSR count). The van der Waals surface area contributed by atoms with Crippen molar-refractivity contribution in [3.8, 4) is 0 Å². The lowest BCUT2D eigenvalue weighted by molar-refractivity contribution is -0.138. The Morgan fingerprint density at radius 2 is 1.96 bits per heavy atom. The number of anilines is 1. The van der Waals surface area contributed by atoms with Crippen molar-refractivity contribution < 1.29 is 27.9 Å². The van der Waals surface area contributed by atoms with Gasteiger partial charge in [0.2, 0.25) is 11.8 Å². The van der Waals surface area contributed by atoms with E-state index in [4.69, 9.17) is 11.6 Å². The van der Waals surface area contributed by atoms with Crippen LogP contribution in [0, 0.1) is 0 Å². The summed E-state index contributed by atoms with van der Waals surface area (Å²) in [6, 6.07) is 2.39. The summed E-state index contributed by atoms with van der Waals surface area (Å²) < 4.78 is 38.8. The van der Waals surface area contributed by atoms with Gasteiger partial charge < -0.3 is 15.3 Å². The molecule has 0 aliphatic carbocycles. The van der Waals surface area contributed by atoms with Crippen molar-refractivity contribution in [3.05, 3.63) is 28.8 Å². The second-order valence-corrected chi connectivity index (χ2v) is 7.29. The highest BCUT2D eigenvalue weighted by molar-refractivity contribution is 6.31. The normalized spacial score (nSPS) is 16.9. The van der Waals surface area contributed by atoms with Crippen LogP contribution in [0.3, 0.4) is 0 Å². The number of aliphatic hydroxyl groups is 1. The van der Waals surface area contributed by atoms with Gasteiger partial charge in [-0.1, -0.05) is 11.6 Å². The third-order valence-corrected chi connectivity index (χ3v) is 5.11. The number of hydrogen-bond donors (Lipinski definition) is 2. The fraction of sp³-hybridized carbons (Fsp3) is 0.556. The van der Waals surface area contributed by atoms with Gasteiger partial charge in [0.05, 0.1) is 29.3 Å². The van der Waals surface area contributed by atoms with E-state index >= 15 is 0 Å². The molecule has 1 heterocycles. The predicted molar refractivity (Wildman–Crippen MR) is 99.0 cm³/mol. The molecule has 0 aromatic heterocycles. The van der Waals surface area contributed by atoms with E-state index in [1.165, 1.54) is 11.0 Å². The quantitative estimate of drug-likeness (QED) is 0.766. The monoisotopic (exact) mass is 421 g/mol. The molecule has 2 N–H and O–H groups in total. The Hall–Kier alpha value is -1.84. The number of halogens is 4. The van der Waals surface area contributed by atoms with Crippen molar-refractivity contribution >= 4 is 29.1 Å². The van der Waals surface area contributed by atoms with Gasteiger partial charge in [-0.25, -0.2) is 0 Å². The van der Waals surface area contributed by atoms with Crippen molar-refractivity contribution in [2.45, 2.75) is 38.1 Å². The number of nitrogens with zero attached hydrogens (tertiary/aromatic N) is 2. The first-order valence-electron chi connectivity index (χ1n) is 8.82. The summed E-state index contributed by atoms with van der Waals surface area (Å²) in [6.45, 7) is 2.46. The molecule has 1 aliphatic rings. The van der Waals surface area contributed by atoms with Gasteiger partial charge in [0.15, 0.2) is 0 Å². The van der Waals surface area contributed by atoms with E-state index < -0.39 is 34.8 Å². The van der Waals surface area contributed by atoms with Crippen molar-refractivity contribution in [1.29, 1.82) is 0 Å². The van der Waals surface area contributed by atoms with Crippen LogP contribution in [-0.4, -0.2) is 65.5 Å². The zero-order valence-electron chi connectivity index (χ0n) is 15.6. The van der Waals surface area contributed by atoms with E-state index in [9.17, 15) is 27.9 Å². The summed E-state index contributed by atoms with van der Waals surface area (Å²) in [5.41, 5.74) is -1.06. The number of alkyl halides is 3. The molecular formula is C18H23ClF3N3O3. The lowest BCUT2D eigenvalue weighted by atomic mass is 10.1. The number of likely N-dealkylation sites (N-methyl/N-ethyl adjacent to an activating group) is 1. The third kappa shape index (κ3) is 5.83. The molecule has 1 aromatic rings. The van der Waals surface area contributed by atoms with Gasteiger partial charge in [-0.05, 0) is 45.0 Å². The maximum absolute atomic E-state index is 12.9. The highest BCUT2D eigenvalue weighted by atomic mass is 35.5. The Balaban J connectivity index is 1.95. The molecule has 0 spiro atoms. The number of benzene rings is 1. The van der Waals surface area contributed by atoms with Crippen molar-refractivity contribution in [2.24, 2.45) is 0 Å². The van der Waals surface area contributed by atoms with E-state index in [1.54, 1.807) is 18.9 Å². The van der Waals surface area contributed by atoms with Crippen LogP contribution < -0.4 is 5.32 Å². The molecule has 1 saturated heterocycles. The maximum atomic E-state index is 12.9. The van der Waals surface area contributed by atoms with Gasteiger partial charge in [0, 0.05) is 18.8 Å². The number of carbonyl (C=O) groups is 2. The minimum atomic E-state index is -4.63. The van der Waals surface area contributed by atoms with E-state index in [2.05, 4.69) is 5.32 Å². The highest BCUT2D eigenvalue weighted by Crippen LogP contribution is 2.36. The Morgan fingerprint density at radius 3 is 2.54 bits per heavy atom. The fourth-order valence-corrected chi connectivity index (χ4v) is 3.06. The molecule has 28 heavy (non-hydrogen) atoms. The molecule has 0 saturated carbocycles. The number of likely N-dealkylation sites (tertiary alicyclic amines) is 1. The number of amides is 2. The predicted octanol–water partition coefficient (Wildman–Crippen LogP) is 2.60. The van der Waals surface area contributed by atoms with Crippen LogP contribution in [0.15, 0.2) is 18.2 Å². The van der Waals surface area contributed by atoms with Crippen LogP contribution in [0.5, 0.6) is 0 Å². The molecule has 2 amide bonds. The summed E-state index contributed by atoms with van der Waals surface area (Å²) >= 11 is 5.57. The van der Waals surface area contributed by atoms with Crippen LogP contribution in [-0.2, 0) is 15.8 Å². The summed E-state index contributed by atoms with van der Waals surface area (Å²) in [5.74, 6) is -0.709. The molecule has 6 nitrogen and oxygen atoms in total. The Labute approximate surface area is 166 Å². The van der Waals surface area contributed by atoms with Gasteiger partial charge in [-0.3, -0.25) is 14.5 Å². The summed E-state index contributed by atoms with van der Waals surface area (Å²) in [5, 5.41) is 11.5. The lowest BCUT2D eigenvalue weighted by Gasteiger charge is -2.32. The number of aliphatic hydroxyl groups excluding tert-OH is 1. The molecule has 10 heteroatoms. The van der Waals surface area contributed by atoms with Crippen molar-refractivity contribution in [2.75, 3.05) is 32.0 Å². The van der Waals surface area contributed by atoms with E-state index in [1.807, 2.05) is 0 Å². The van der Waals surface area contributed by atoms with Crippen LogP contribution in [0.2, 0.25) is 5.02 Å². The Kier molecular flexibility index (Phi) is 7.30. The van der Waals surface area contributed by atoms with E-state index in [-0.39, 0.29) is 18.1 Å². The molecule has 1 aromatic carbocycles. The minimum Gasteiger partial charge on any atom is -0.393 e. The zero-order valence-corrected chi connectivity index (χ0v) is 16.3. The number of nitrogens with one attached hydrogen (secondary N) is 1. The van der Waals surface area contributed by atoms with Gasteiger partial charge in [0.1, 0.15) is 0 Å². The second kappa shape index (κ2) is 9.11. The lowest BCUT2D eigenvalue weighted by Crippen LogP contribution is -2.48. The van der Waals surface area contributed by atoms with Crippen LogP contribution in [0.4, 0.5) is 18.9 Å².